The molecule has 0 aliphatic carbocycles. The van der Waals surface area contributed by atoms with Gasteiger partial charge >= 0.3 is 0 Å². The van der Waals surface area contributed by atoms with E-state index in [0.29, 0.717) is 46.7 Å². The molecule has 0 fully saturated rings. The Balaban J connectivity index is 1.45. The molecule has 0 aromatic heterocycles. The maximum absolute atomic E-state index is 13.4. The molecule has 27 heavy (non-hydrogen) atoms. The second-order valence-electron chi connectivity index (χ2n) is 6.17. The van der Waals surface area contributed by atoms with Gasteiger partial charge in [0.15, 0.2) is 11.5 Å². The fourth-order valence-corrected chi connectivity index (χ4v) is 3.05. The van der Waals surface area contributed by atoms with Crippen molar-refractivity contribution in [1.82, 2.24) is 0 Å². The summed E-state index contributed by atoms with van der Waals surface area (Å²) < 4.78 is 24.5. The summed E-state index contributed by atoms with van der Waals surface area (Å²) in [4.78, 5) is 17.8. The molecule has 0 saturated heterocycles. The van der Waals surface area contributed by atoms with Gasteiger partial charge in [-0.15, -0.1) is 0 Å². The number of rotatable bonds is 3. The molecule has 6 nitrogen and oxygen atoms in total. The van der Waals surface area contributed by atoms with Crippen LogP contribution in [0.3, 0.4) is 0 Å². The minimum atomic E-state index is -0.824. The second-order valence-corrected chi connectivity index (χ2v) is 6.57. The summed E-state index contributed by atoms with van der Waals surface area (Å²) in [6, 6.07) is 9.23. The van der Waals surface area contributed by atoms with E-state index >= 15 is 0 Å². The van der Waals surface area contributed by atoms with E-state index in [4.69, 9.17) is 25.9 Å². The van der Waals surface area contributed by atoms with Crippen molar-refractivity contribution < 1.29 is 23.5 Å². The number of amides is 1. The van der Waals surface area contributed by atoms with Crippen molar-refractivity contribution in [2.24, 2.45) is 5.16 Å². The zero-order valence-electron chi connectivity index (χ0n) is 14.2. The highest BCUT2D eigenvalue weighted by atomic mass is 35.5. The Labute approximate surface area is 159 Å². The molecule has 4 rings (SSSR count). The average Bonchev–Trinajstić information content (AvgIpc) is 3.04. The van der Waals surface area contributed by atoms with Crippen molar-refractivity contribution in [3.05, 3.63) is 52.8 Å². The highest BCUT2D eigenvalue weighted by molar-refractivity contribution is 6.34. The Morgan fingerprint density at radius 3 is 2.74 bits per heavy atom. The third-order valence-corrected chi connectivity index (χ3v) is 4.53. The van der Waals surface area contributed by atoms with E-state index in [0.717, 1.165) is 6.42 Å². The van der Waals surface area contributed by atoms with Gasteiger partial charge in [-0.3, -0.25) is 4.79 Å². The first-order chi connectivity index (χ1) is 13.1. The van der Waals surface area contributed by atoms with Gasteiger partial charge in [-0.05, 0) is 12.1 Å². The normalized spacial score (nSPS) is 18.3. The van der Waals surface area contributed by atoms with E-state index in [9.17, 15) is 9.18 Å². The van der Waals surface area contributed by atoms with Crippen LogP contribution in [0.2, 0.25) is 5.02 Å². The topological polar surface area (TPSA) is 69.2 Å². The molecule has 2 aliphatic heterocycles. The smallest absolute Gasteiger partial charge is 0.268 e. The number of halogens is 2. The first-order valence-electron chi connectivity index (χ1n) is 8.49. The standard InChI is InChI=1S/C19H16ClFN2O4/c20-13-8-16-17(26-6-2-5-25-16)10-15(13)22-19(24)18-9-14(23-27-18)11-3-1-4-12(21)7-11/h1,3-4,7-8,10,18H,2,5-6,9H2,(H,22,24)/t18-/m1/s1. The number of hydrogen-bond donors (Lipinski definition) is 1. The SMILES string of the molecule is O=C(Nc1cc2c(cc1Cl)OCCCO2)[C@H]1CC(c2cccc(F)c2)=NO1. The Morgan fingerprint density at radius 2 is 1.96 bits per heavy atom. The van der Waals surface area contributed by atoms with Crippen LogP contribution in [0.1, 0.15) is 18.4 Å². The number of hydrogen-bond acceptors (Lipinski definition) is 5. The lowest BCUT2D eigenvalue weighted by molar-refractivity contribution is -0.125. The molecule has 2 aliphatic rings. The molecule has 1 atom stereocenters. The summed E-state index contributed by atoms with van der Waals surface area (Å²) in [5.74, 6) is 0.296. The lowest BCUT2D eigenvalue weighted by Crippen LogP contribution is -2.28. The first kappa shape index (κ1) is 17.6. The van der Waals surface area contributed by atoms with Gasteiger partial charge in [-0.25, -0.2) is 4.39 Å². The lowest BCUT2D eigenvalue weighted by Gasteiger charge is -2.14. The van der Waals surface area contributed by atoms with E-state index in [-0.39, 0.29) is 12.2 Å². The predicted octanol–water partition coefficient (Wildman–Crippen LogP) is 3.77. The maximum atomic E-state index is 13.4. The number of nitrogens with zero attached hydrogens (tertiary/aromatic N) is 1. The molecule has 0 radical (unpaired) electrons. The number of oxime groups is 1. The summed E-state index contributed by atoms with van der Waals surface area (Å²) in [6.45, 7) is 1.07. The number of anilines is 1. The molecule has 0 bridgehead atoms. The Hall–Kier alpha value is -2.80. The van der Waals surface area contributed by atoms with Gasteiger partial charge in [-0.2, -0.15) is 0 Å². The van der Waals surface area contributed by atoms with Crippen molar-refractivity contribution >= 4 is 28.9 Å². The van der Waals surface area contributed by atoms with Gasteiger partial charge in [0.05, 0.1) is 29.6 Å². The van der Waals surface area contributed by atoms with E-state index in [2.05, 4.69) is 10.5 Å². The lowest BCUT2D eigenvalue weighted by atomic mass is 10.0. The van der Waals surface area contributed by atoms with Crippen molar-refractivity contribution in [2.45, 2.75) is 18.9 Å². The molecule has 0 saturated carbocycles. The molecule has 0 spiro atoms. The summed E-state index contributed by atoms with van der Waals surface area (Å²) in [5, 5.41) is 6.97. The number of carbonyl (C=O) groups is 1. The quantitative estimate of drug-likeness (QED) is 0.866. The number of ether oxygens (including phenoxy) is 2. The van der Waals surface area contributed by atoms with Gasteiger partial charge in [0, 0.05) is 30.5 Å². The molecular formula is C19H16ClFN2O4. The summed E-state index contributed by atoms with van der Waals surface area (Å²) >= 11 is 6.25. The van der Waals surface area contributed by atoms with E-state index in [1.165, 1.54) is 12.1 Å². The van der Waals surface area contributed by atoms with Crippen LogP contribution in [0, 0.1) is 5.82 Å². The van der Waals surface area contributed by atoms with Gasteiger partial charge < -0.3 is 19.6 Å². The Morgan fingerprint density at radius 1 is 1.19 bits per heavy atom. The van der Waals surface area contributed by atoms with Crippen molar-refractivity contribution in [2.75, 3.05) is 18.5 Å². The van der Waals surface area contributed by atoms with Crippen LogP contribution in [0.5, 0.6) is 11.5 Å². The summed E-state index contributed by atoms with van der Waals surface area (Å²) in [6.07, 6.45) is 0.178. The molecule has 0 unspecified atom stereocenters. The Kier molecular flexibility index (Phi) is 4.85. The first-order valence-corrected chi connectivity index (χ1v) is 8.86. The number of carbonyl (C=O) groups excluding carboxylic acids is 1. The third kappa shape index (κ3) is 3.83. The summed E-state index contributed by atoms with van der Waals surface area (Å²) in [5.41, 5.74) is 1.49. The largest absolute Gasteiger partial charge is 0.490 e. The minimum absolute atomic E-state index is 0.234. The maximum Gasteiger partial charge on any atom is 0.268 e. The molecule has 2 aromatic rings. The average molecular weight is 391 g/mol. The fourth-order valence-electron chi connectivity index (χ4n) is 2.85. The van der Waals surface area contributed by atoms with Crippen LogP contribution in [-0.4, -0.2) is 30.9 Å². The molecule has 1 amide bonds. The van der Waals surface area contributed by atoms with E-state index in [1.54, 1.807) is 24.3 Å². The van der Waals surface area contributed by atoms with Crippen molar-refractivity contribution in [1.29, 1.82) is 0 Å². The van der Waals surface area contributed by atoms with Crippen LogP contribution in [-0.2, 0) is 9.63 Å². The van der Waals surface area contributed by atoms with Crippen LogP contribution >= 0.6 is 11.6 Å². The second kappa shape index (κ2) is 7.44. The third-order valence-electron chi connectivity index (χ3n) is 4.21. The molecular weight excluding hydrogens is 375 g/mol. The molecule has 140 valence electrons. The molecule has 2 heterocycles. The van der Waals surface area contributed by atoms with Gasteiger partial charge in [0.1, 0.15) is 5.82 Å². The highest BCUT2D eigenvalue weighted by Gasteiger charge is 2.30. The van der Waals surface area contributed by atoms with Crippen molar-refractivity contribution in [3.63, 3.8) is 0 Å². The minimum Gasteiger partial charge on any atom is -0.490 e. The molecule has 1 N–H and O–H groups in total. The molecule has 8 heteroatoms. The highest BCUT2D eigenvalue weighted by Crippen LogP contribution is 2.37. The number of benzene rings is 2. The zero-order valence-corrected chi connectivity index (χ0v) is 15.0. The van der Waals surface area contributed by atoms with Crippen molar-refractivity contribution in [3.8, 4) is 11.5 Å². The Bertz CT molecular complexity index is 919. The monoisotopic (exact) mass is 390 g/mol. The van der Waals surface area contributed by atoms with Gasteiger partial charge in [0.2, 0.25) is 6.10 Å². The zero-order chi connectivity index (χ0) is 18.8. The summed E-state index contributed by atoms with van der Waals surface area (Å²) in [7, 11) is 0. The van der Waals surface area contributed by atoms with E-state index < -0.39 is 12.0 Å². The van der Waals surface area contributed by atoms with Crippen LogP contribution in [0.4, 0.5) is 10.1 Å². The molecule has 2 aromatic carbocycles. The number of fused-ring (bicyclic) bond motifs is 1. The predicted molar refractivity (Wildman–Crippen MR) is 98.1 cm³/mol. The van der Waals surface area contributed by atoms with Gasteiger partial charge in [0.25, 0.3) is 5.91 Å². The van der Waals surface area contributed by atoms with Gasteiger partial charge in [-0.1, -0.05) is 28.9 Å². The fraction of sp³-hybridized carbons (Fsp3) is 0.263. The van der Waals surface area contributed by atoms with Crippen LogP contribution < -0.4 is 14.8 Å². The van der Waals surface area contributed by atoms with Crippen LogP contribution in [0.15, 0.2) is 41.6 Å². The van der Waals surface area contributed by atoms with Crippen LogP contribution in [0.25, 0.3) is 0 Å². The van der Waals surface area contributed by atoms with E-state index in [1.807, 2.05) is 0 Å². The number of nitrogens with one attached hydrogen (secondary N) is 1.